The number of thioether (sulfide) groups is 1. The number of nitrogens with two attached hydrogens (primary N) is 1. The maximum atomic E-state index is 12.7. The Hall–Kier alpha value is -1.44. The van der Waals surface area contributed by atoms with E-state index in [1.54, 1.807) is 20.8 Å². The van der Waals surface area contributed by atoms with Crippen LogP contribution in [0.1, 0.15) is 40.5 Å². The van der Waals surface area contributed by atoms with Gasteiger partial charge in [-0.05, 0) is 39.4 Å². The molecule has 0 aromatic heterocycles. The van der Waals surface area contributed by atoms with Gasteiger partial charge in [-0.25, -0.2) is 4.79 Å². The maximum absolute atomic E-state index is 12.7. The van der Waals surface area contributed by atoms with Crippen molar-refractivity contribution >= 4 is 29.7 Å². The minimum atomic E-state index is -0.727. The summed E-state index contributed by atoms with van der Waals surface area (Å²) in [6.07, 6.45) is 0.669. The number of rotatable bonds is 6. The normalized spacial score (nSPS) is 19.3. The Morgan fingerprint density at radius 2 is 2.04 bits per heavy atom. The van der Waals surface area contributed by atoms with Gasteiger partial charge in [-0.3, -0.25) is 9.59 Å². The number of primary amides is 1. The number of amides is 3. The fourth-order valence-corrected chi connectivity index (χ4v) is 3.08. The Morgan fingerprint density at radius 3 is 2.57 bits per heavy atom. The molecule has 8 heteroatoms. The molecule has 1 heterocycles. The molecule has 3 amide bonds. The van der Waals surface area contributed by atoms with Crippen LogP contribution in [0.3, 0.4) is 0 Å². The Balaban J connectivity index is 2.78. The summed E-state index contributed by atoms with van der Waals surface area (Å²) in [5, 5.41) is 2.62. The highest BCUT2D eigenvalue weighted by Crippen LogP contribution is 2.19. The second-order valence-corrected chi connectivity index (χ2v) is 7.77. The summed E-state index contributed by atoms with van der Waals surface area (Å²) >= 11 is 1.54. The summed E-state index contributed by atoms with van der Waals surface area (Å²) in [5.41, 5.74) is 4.72. The highest BCUT2D eigenvalue weighted by Gasteiger charge is 2.37. The second kappa shape index (κ2) is 8.42. The topological polar surface area (TPSA) is 102 Å². The van der Waals surface area contributed by atoms with Crippen LogP contribution in [0.15, 0.2) is 0 Å². The lowest BCUT2D eigenvalue weighted by molar-refractivity contribution is -0.138. The number of nitrogens with zero attached hydrogens (tertiary/aromatic N) is 1. The molecule has 7 nitrogen and oxygen atoms in total. The van der Waals surface area contributed by atoms with E-state index in [-0.39, 0.29) is 5.91 Å². The van der Waals surface area contributed by atoms with Gasteiger partial charge in [0, 0.05) is 12.3 Å². The number of alkyl carbamates (subject to hydrolysis) is 1. The Kier molecular flexibility index (Phi) is 7.18. The first-order chi connectivity index (χ1) is 10.7. The molecule has 1 rings (SSSR count). The van der Waals surface area contributed by atoms with E-state index < -0.39 is 29.7 Å². The molecule has 23 heavy (non-hydrogen) atoms. The van der Waals surface area contributed by atoms with Crippen molar-refractivity contribution in [2.75, 3.05) is 18.1 Å². The van der Waals surface area contributed by atoms with Crippen LogP contribution in [0.5, 0.6) is 0 Å². The number of ether oxygens (including phenoxy) is 1. The van der Waals surface area contributed by atoms with Crippen molar-refractivity contribution < 1.29 is 19.1 Å². The second-order valence-electron chi connectivity index (χ2n) is 6.45. The molecule has 132 valence electrons. The number of likely N-dealkylation sites (tertiary alicyclic amines) is 1. The van der Waals surface area contributed by atoms with E-state index in [4.69, 9.17) is 10.5 Å². The van der Waals surface area contributed by atoms with E-state index in [2.05, 4.69) is 5.32 Å². The average molecular weight is 345 g/mol. The third kappa shape index (κ3) is 6.29. The quantitative estimate of drug-likeness (QED) is 0.751. The predicted molar refractivity (Wildman–Crippen MR) is 90.1 cm³/mol. The van der Waals surface area contributed by atoms with Gasteiger partial charge in [-0.2, -0.15) is 11.8 Å². The van der Waals surface area contributed by atoms with Crippen LogP contribution in [0, 0.1) is 0 Å². The minimum absolute atomic E-state index is 0.280. The van der Waals surface area contributed by atoms with Crippen molar-refractivity contribution in [3.05, 3.63) is 0 Å². The van der Waals surface area contributed by atoms with E-state index in [0.29, 0.717) is 18.7 Å². The number of nitrogens with one attached hydrogen (secondary N) is 1. The highest BCUT2D eigenvalue weighted by molar-refractivity contribution is 7.99. The van der Waals surface area contributed by atoms with Gasteiger partial charge in [-0.15, -0.1) is 0 Å². The van der Waals surface area contributed by atoms with E-state index in [1.165, 1.54) is 16.7 Å². The molecule has 0 bridgehead atoms. The summed E-state index contributed by atoms with van der Waals surface area (Å²) in [7, 11) is 0. The summed E-state index contributed by atoms with van der Waals surface area (Å²) in [4.78, 5) is 37.6. The standard InChI is InChI=1S/C15H27N3O4S/c1-5-23-9-10(17-14(21)22-15(2,3)4)13(20)18-8-6-7-11(18)12(16)19/h10-11H,5-9H2,1-4H3,(H2,16,19)(H,17,21)/t10-,11-/m0/s1. The van der Waals surface area contributed by atoms with Crippen molar-refractivity contribution in [2.24, 2.45) is 5.73 Å². The fourth-order valence-electron chi connectivity index (χ4n) is 2.39. The monoisotopic (exact) mass is 345 g/mol. The van der Waals surface area contributed by atoms with Crippen molar-refractivity contribution in [2.45, 2.75) is 58.2 Å². The van der Waals surface area contributed by atoms with Gasteiger partial charge >= 0.3 is 6.09 Å². The lowest BCUT2D eigenvalue weighted by Gasteiger charge is -2.28. The maximum Gasteiger partial charge on any atom is 0.408 e. The van der Waals surface area contributed by atoms with E-state index in [1.807, 2.05) is 6.92 Å². The molecular weight excluding hydrogens is 318 g/mol. The SMILES string of the molecule is CCSC[C@H](NC(=O)OC(C)(C)C)C(=O)N1CCC[C@H]1C(N)=O. The zero-order chi connectivity index (χ0) is 17.6. The van der Waals surface area contributed by atoms with E-state index in [9.17, 15) is 14.4 Å². The molecule has 1 fully saturated rings. The van der Waals surface area contributed by atoms with E-state index >= 15 is 0 Å². The third-order valence-corrected chi connectivity index (χ3v) is 4.32. The van der Waals surface area contributed by atoms with Gasteiger partial charge in [0.25, 0.3) is 0 Å². The summed E-state index contributed by atoms with van der Waals surface area (Å²) in [5.74, 6) is 0.461. The molecule has 0 radical (unpaired) electrons. The first kappa shape index (κ1) is 19.6. The van der Waals surface area contributed by atoms with Gasteiger partial charge in [0.15, 0.2) is 0 Å². The van der Waals surface area contributed by atoms with Crippen LogP contribution in [-0.4, -0.2) is 58.5 Å². The molecule has 0 aromatic carbocycles. The van der Waals surface area contributed by atoms with Gasteiger partial charge in [-0.1, -0.05) is 6.92 Å². The number of carbonyl (C=O) groups excluding carboxylic acids is 3. The van der Waals surface area contributed by atoms with Crippen molar-refractivity contribution in [3.8, 4) is 0 Å². The van der Waals surface area contributed by atoms with Crippen molar-refractivity contribution in [3.63, 3.8) is 0 Å². The molecule has 2 atom stereocenters. The first-order valence-corrected chi connectivity index (χ1v) is 8.98. The molecular formula is C15H27N3O4S. The predicted octanol–water partition coefficient (Wildman–Crippen LogP) is 1.11. The van der Waals surface area contributed by atoms with Gasteiger partial charge in [0.05, 0.1) is 0 Å². The minimum Gasteiger partial charge on any atom is -0.444 e. The molecule has 1 saturated heterocycles. The van der Waals surface area contributed by atoms with Crippen LogP contribution >= 0.6 is 11.8 Å². The van der Waals surface area contributed by atoms with Crippen LogP contribution in [-0.2, 0) is 14.3 Å². The lowest BCUT2D eigenvalue weighted by atomic mass is 10.2. The van der Waals surface area contributed by atoms with Gasteiger partial charge < -0.3 is 20.7 Å². The summed E-state index contributed by atoms with van der Waals surface area (Å²) in [6, 6.07) is -1.31. The Morgan fingerprint density at radius 1 is 1.39 bits per heavy atom. The number of hydrogen-bond donors (Lipinski definition) is 2. The molecule has 1 aliphatic rings. The van der Waals surface area contributed by atoms with Crippen LogP contribution < -0.4 is 11.1 Å². The van der Waals surface area contributed by atoms with Crippen LogP contribution in [0.25, 0.3) is 0 Å². The summed E-state index contributed by atoms with van der Waals surface area (Å²) < 4.78 is 5.21. The molecule has 0 spiro atoms. The molecule has 0 aromatic rings. The largest absolute Gasteiger partial charge is 0.444 e. The zero-order valence-electron chi connectivity index (χ0n) is 14.3. The Labute approximate surface area is 141 Å². The average Bonchev–Trinajstić information content (AvgIpc) is 2.90. The zero-order valence-corrected chi connectivity index (χ0v) is 15.1. The van der Waals surface area contributed by atoms with Crippen LogP contribution in [0.2, 0.25) is 0 Å². The molecule has 0 saturated carbocycles. The molecule has 0 aliphatic carbocycles. The van der Waals surface area contributed by atoms with Crippen molar-refractivity contribution in [1.82, 2.24) is 10.2 Å². The number of hydrogen-bond acceptors (Lipinski definition) is 5. The lowest BCUT2D eigenvalue weighted by Crippen LogP contribution is -2.54. The highest BCUT2D eigenvalue weighted by atomic mass is 32.2. The summed E-state index contributed by atoms with van der Waals surface area (Å²) in [6.45, 7) is 7.73. The fraction of sp³-hybridized carbons (Fsp3) is 0.800. The van der Waals surface area contributed by atoms with Gasteiger partial charge in [0.1, 0.15) is 17.7 Å². The van der Waals surface area contributed by atoms with Crippen molar-refractivity contribution in [1.29, 1.82) is 0 Å². The number of carbonyl (C=O) groups is 3. The van der Waals surface area contributed by atoms with Crippen LogP contribution in [0.4, 0.5) is 4.79 Å². The molecule has 3 N–H and O–H groups in total. The Bertz CT molecular complexity index is 450. The van der Waals surface area contributed by atoms with E-state index in [0.717, 1.165) is 12.2 Å². The first-order valence-electron chi connectivity index (χ1n) is 7.82. The van der Waals surface area contributed by atoms with Gasteiger partial charge in [0.2, 0.25) is 11.8 Å². The molecule has 0 unspecified atom stereocenters. The molecule has 1 aliphatic heterocycles. The third-order valence-electron chi connectivity index (χ3n) is 3.34. The smallest absolute Gasteiger partial charge is 0.408 e.